The summed E-state index contributed by atoms with van der Waals surface area (Å²) in [4.78, 5) is 18.5. The van der Waals surface area contributed by atoms with Crippen molar-refractivity contribution in [3.05, 3.63) is 17.2 Å². The number of nitrogens with one attached hydrogen (secondary N) is 1. The van der Waals surface area contributed by atoms with Gasteiger partial charge in [-0.2, -0.15) is 0 Å². The molecular formula is C11H16N2O3. The van der Waals surface area contributed by atoms with Gasteiger partial charge in [0.25, 0.3) is 0 Å². The zero-order valence-electron chi connectivity index (χ0n) is 9.32. The van der Waals surface area contributed by atoms with Crippen molar-refractivity contribution in [3.8, 4) is 0 Å². The highest BCUT2D eigenvalue weighted by Crippen LogP contribution is 2.24. The first-order chi connectivity index (χ1) is 7.70. The van der Waals surface area contributed by atoms with E-state index in [-0.39, 0.29) is 5.92 Å². The Morgan fingerprint density at radius 1 is 1.69 bits per heavy atom. The number of carbonyl (C=O) groups is 1. The van der Waals surface area contributed by atoms with Gasteiger partial charge in [0.15, 0.2) is 0 Å². The lowest BCUT2D eigenvalue weighted by Crippen LogP contribution is -2.22. The normalized spacial score (nSPS) is 19.4. The summed E-state index contributed by atoms with van der Waals surface area (Å²) in [5, 5.41) is 8.96. The lowest BCUT2D eigenvalue weighted by atomic mass is 9.90. The molecule has 1 aliphatic rings. The molecule has 0 aliphatic heterocycles. The highest BCUT2D eigenvalue weighted by atomic mass is 16.5. The molecule has 1 atom stereocenters. The maximum absolute atomic E-state index is 10.9. The van der Waals surface area contributed by atoms with Crippen LogP contribution in [-0.2, 0) is 28.8 Å². The first-order valence-corrected chi connectivity index (χ1v) is 5.49. The Labute approximate surface area is 93.8 Å². The van der Waals surface area contributed by atoms with Crippen molar-refractivity contribution in [3.63, 3.8) is 0 Å². The fourth-order valence-electron chi connectivity index (χ4n) is 2.07. The second-order valence-corrected chi connectivity index (χ2v) is 4.13. The molecule has 1 aliphatic carbocycles. The van der Waals surface area contributed by atoms with E-state index in [4.69, 9.17) is 9.84 Å². The summed E-state index contributed by atoms with van der Waals surface area (Å²) in [7, 11) is 1.66. The molecule has 0 bridgehead atoms. The first kappa shape index (κ1) is 11.1. The summed E-state index contributed by atoms with van der Waals surface area (Å²) in [6.07, 6.45) is 2.78. The predicted molar refractivity (Wildman–Crippen MR) is 57.3 cm³/mol. The van der Waals surface area contributed by atoms with E-state index in [1.165, 1.54) is 0 Å². The van der Waals surface area contributed by atoms with E-state index < -0.39 is 5.97 Å². The fourth-order valence-corrected chi connectivity index (χ4v) is 2.07. The molecule has 5 heteroatoms. The van der Waals surface area contributed by atoms with Crippen LogP contribution in [0.25, 0.3) is 0 Å². The van der Waals surface area contributed by atoms with Crippen LogP contribution in [0.15, 0.2) is 0 Å². The second-order valence-electron chi connectivity index (χ2n) is 4.13. The lowest BCUT2D eigenvalue weighted by Gasteiger charge is -2.16. The molecule has 1 aromatic heterocycles. The number of nitrogens with zero attached hydrogens (tertiary/aromatic N) is 1. The average molecular weight is 224 g/mol. The molecule has 0 saturated carbocycles. The third kappa shape index (κ3) is 2.24. The number of ether oxygens (including phenoxy) is 1. The minimum Gasteiger partial charge on any atom is -0.481 e. The molecule has 0 fully saturated rings. The molecule has 1 heterocycles. The summed E-state index contributed by atoms with van der Waals surface area (Å²) < 4.78 is 4.98. The molecule has 1 aromatic rings. The average Bonchev–Trinajstić information content (AvgIpc) is 2.67. The summed E-state index contributed by atoms with van der Waals surface area (Å²) in [5.41, 5.74) is 2.02. The molecule has 5 nitrogen and oxygen atoms in total. The van der Waals surface area contributed by atoms with Gasteiger partial charge in [0.05, 0.1) is 18.2 Å². The number of rotatable bonds is 4. The Kier molecular flexibility index (Phi) is 3.24. The number of hydrogen-bond donors (Lipinski definition) is 2. The predicted octanol–water partition coefficient (Wildman–Crippen LogP) is 0.788. The van der Waals surface area contributed by atoms with E-state index in [0.29, 0.717) is 19.4 Å². The number of carboxylic acid groups (broad SMARTS) is 1. The van der Waals surface area contributed by atoms with Gasteiger partial charge < -0.3 is 14.8 Å². The molecule has 0 saturated heterocycles. The van der Waals surface area contributed by atoms with E-state index in [0.717, 1.165) is 30.1 Å². The van der Waals surface area contributed by atoms with Crippen LogP contribution in [-0.4, -0.2) is 34.8 Å². The Bertz CT molecular complexity index is 387. The number of aryl methyl sites for hydroxylation is 1. The van der Waals surface area contributed by atoms with Gasteiger partial charge in [-0.15, -0.1) is 0 Å². The van der Waals surface area contributed by atoms with Crippen LogP contribution in [0, 0.1) is 5.92 Å². The van der Waals surface area contributed by atoms with E-state index in [2.05, 4.69) is 9.97 Å². The Morgan fingerprint density at radius 3 is 3.19 bits per heavy atom. The van der Waals surface area contributed by atoms with Gasteiger partial charge in [-0.1, -0.05) is 0 Å². The number of aromatic nitrogens is 2. The SMILES string of the molecule is COCCc1nc2c([nH]1)CC(C(=O)O)CC2. The summed E-state index contributed by atoms with van der Waals surface area (Å²) in [6.45, 7) is 0.634. The van der Waals surface area contributed by atoms with Gasteiger partial charge in [0, 0.05) is 25.6 Å². The number of methoxy groups -OCH3 is 1. The van der Waals surface area contributed by atoms with Gasteiger partial charge in [-0.3, -0.25) is 4.79 Å². The summed E-state index contributed by atoms with van der Waals surface area (Å²) in [6, 6.07) is 0. The van der Waals surface area contributed by atoms with Gasteiger partial charge in [0.2, 0.25) is 0 Å². The maximum atomic E-state index is 10.9. The quantitative estimate of drug-likeness (QED) is 0.792. The molecule has 0 radical (unpaired) electrons. The summed E-state index contributed by atoms with van der Waals surface area (Å²) in [5.74, 6) is -0.0696. The van der Waals surface area contributed by atoms with Crippen LogP contribution in [0.2, 0.25) is 0 Å². The van der Waals surface area contributed by atoms with Gasteiger partial charge in [0.1, 0.15) is 5.82 Å². The third-order valence-electron chi connectivity index (χ3n) is 2.99. The van der Waals surface area contributed by atoms with Gasteiger partial charge >= 0.3 is 5.97 Å². The molecule has 0 aromatic carbocycles. The van der Waals surface area contributed by atoms with Crippen LogP contribution in [0.3, 0.4) is 0 Å². The smallest absolute Gasteiger partial charge is 0.306 e. The van der Waals surface area contributed by atoms with Gasteiger partial charge in [-0.05, 0) is 12.8 Å². The Morgan fingerprint density at radius 2 is 2.50 bits per heavy atom. The molecular weight excluding hydrogens is 208 g/mol. The van der Waals surface area contributed by atoms with Crippen molar-refractivity contribution in [2.24, 2.45) is 5.92 Å². The number of imidazole rings is 1. The number of H-pyrrole nitrogens is 1. The van der Waals surface area contributed by atoms with Gasteiger partial charge in [-0.25, -0.2) is 4.98 Å². The number of hydrogen-bond acceptors (Lipinski definition) is 3. The topological polar surface area (TPSA) is 75.2 Å². The minimum absolute atomic E-state index is 0.261. The van der Waals surface area contributed by atoms with Crippen molar-refractivity contribution in [1.29, 1.82) is 0 Å². The standard InChI is InChI=1S/C11H16N2O3/c1-16-5-4-10-12-8-3-2-7(11(14)15)6-9(8)13-10/h7H,2-6H2,1H3,(H,12,13)(H,14,15). The Hall–Kier alpha value is -1.36. The largest absolute Gasteiger partial charge is 0.481 e. The molecule has 1 unspecified atom stereocenters. The number of carboxylic acids is 1. The molecule has 0 amide bonds. The van der Waals surface area contributed by atoms with E-state index in [1.54, 1.807) is 7.11 Å². The van der Waals surface area contributed by atoms with Crippen LogP contribution in [0.5, 0.6) is 0 Å². The van der Waals surface area contributed by atoms with Crippen molar-refractivity contribution in [1.82, 2.24) is 9.97 Å². The third-order valence-corrected chi connectivity index (χ3v) is 2.99. The molecule has 0 spiro atoms. The van der Waals surface area contributed by atoms with Crippen LogP contribution in [0.1, 0.15) is 23.6 Å². The summed E-state index contributed by atoms with van der Waals surface area (Å²) >= 11 is 0. The number of fused-ring (bicyclic) bond motifs is 1. The second kappa shape index (κ2) is 4.65. The van der Waals surface area contributed by atoms with E-state index in [9.17, 15) is 4.79 Å². The highest BCUT2D eigenvalue weighted by molar-refractivity contribution is 5.70. The highest BCUT2D eigenvalue weighted by Gasteiger charge is 2.26. The van der Waals surface area contributed by atoms with Crippen LogP contribution in [0.4, 0.5) is 0 Å². The van der Waals surface area contributed by atoms with E-state index >= 15 is 0 Å². The van der Waals surface area contributed by atoms with Crippen LogP contribution < -0.4 is 0 Å². The van der Waals surface area contributed by atoms with Crippen molar-refractivity contribution >= 4 is 5.97 Å². The van der Waals surface area contributed by atoms with E-state index in [1.807, 2.05) is 0 Å². The lowest BCUT2D eigenvalue weighted by molar-refractivity contribution is -0.142. The minimum atomic E-state index is -0.710. The van der Waals surface area contributed by atoms with Crippen molar-refractivity contribution in [2.45, 2.75) is 25.7 Å². The van der Waals surface area contributed by atoms with Crippen LogP contribution >= 0.6 is 0 Å². The van der Waals surface area contributed by atoms with Crippen molar-refractivity contribution in [2.75, 3.05) is 13.7 Å². The molecule has 2 N–H and O–H groups in total. The molecule has 16 heavy (non-hydrogen) atoms. The Balaban J connectivity index is 2.07. The fraction of sp³-hybridized carbons (Fsp3) is 0.636. The first-order valence-electron chi connectivity index (χ1n) is 5.49. The molecule has 88 valence electrons. The zero-order chi connectivity index (χ0) is 11.5. The zero-order valence-corrected chi connectivity index (χ0v) is 9.32. The maximum Gasteiger partial charge on any atom is 0.306 e. The van der Waals surface area contributed by atoms with Crippen molar-refractivity contribution < 1.29 is 14.6 Å². The monoisotopic (exact) mass is 224 g/mol. The molecule has 2 rings (SSSR count). The number of aromatic amines is 1. The number of aliphatic carboxylic acids is 1.